The Bertz CT molecular complexity index is 341. The van der Waals surface area contributed by atoms with Crippen molar-refractivity contribution in [2.24, 2.45) is 0 Å². The van der Waals surface area contributed by atoms with Gasteiger partial charge in [-0.05, 0) is 37.3 Å². The minimum absolute atomic E-state index is 0.204. The van der Waals surface area contributed by atoms with Crippen LogP contribution in [0.15, 0.2) is 18.3 Å². The molecule has 0 N–H and O–H groups in total. The highest BCUT2D eigenvalue weighted by Gasteiger charge is 2.23. The molecule has 0 aliphatic heterocycles. The molecule has 0 bridgehead atoms. The molecule has 0 amide bonds. The van der Waals surface area contributed by atoms with Crippen molar-refractivity contribution in [2.45, 2.75) is 32.1 Å². The summed E-state index contributed by atoms with van der Waals surface area (Å²) in [5, 5.41) is 0. The van der Waals surface area contributed by atoms with Crippen molar-refractivity contribution in [1.29, 1.82) is 0 Å². The number of hydrogen-bond donors (Lipinski definition) is 0. The summed E-state index contributed by atoms with van der Waals surface area (Å²) in [6.45, 7) is 2.24. The van der Waals surface area contributed by atoms with E-state index in [0.29, 0.717) is 12.5 Å². The molecule has 1 aliphatic rings. The molecule has 3 nitrogen and oxygen atoms in total. The quantitative estimate of drug-likeness (QED) is 0.706. The third kappa shape index (κ3) is 2.78. The van der Waals surface area contributed by atoms with Crippen LogP contribution < -0.4 is 0 Å². The summed E-state index contributed by atoms with van der Waals surface area (Å²) in [5.74, 6) is 0.512. The molecule has 0 atom stereocenters. The number of carbonyl (C=O) groups excluding carboxylic acids is 1. The van der Waals surface area contributed by atoms with Crippen LogP contribution in [0.1, 0.15) is 36.9 Å². The van der Waals surface area contributed by atoms with Crippen molar-refractivity contribution in [3.05, 3.63) is 29.6 Å². The molecule has 2 rings (SSSR count). The molecule has 0 unspecified atom stereocenters. The van der Waals surface area contributed by atoms with E-state index < -0.39 is 0 Å². The minimum Gasteiger partial charge on any atom is -0.466 e. The predicted molar refractivity (Wildman–Crippen MR) is 56.5 cm³/mol. The zero-order valence-corrected chi connectivity index (χ0v) is 8.90. The van der Waals surface area contributed by atoms with Crippen molar-refractivity contribution in [3.8, 4) is 0 Å². The summed E-state index contributed by atoms with van der Waals surface area (Å²) >= 11 is 0. The second-order valence-corrected chi connectivity index (χ2v) is 3.84. The van der Waals surface area contributed by atoms with Crippen LogP contribution in [0, 0.1) is 0 Å². The van der Waals surface area contributed by atoms with Gasteiger partial charge in [0.2, 0.25) is 0 Å². The van der Waals surface area contributed by atoms with E-state index in [1.165, 1.54) is 18.4 Å². The normalized spacial score (nSPS) is 15.0. The molecule has 0 radical (unpaired) electrons. The van der Waals surface area contributed by atoms with Crippen molar-refractivity contribution in [3.63, 3.8) is 0 Å². The highest BCUT2D eigenvalue weighted by Crippen LogP contribution is 2.39. The summed E-state index contributed by atoms with van der Waals surface area (Å²) < 4.78 is 4.86. The first-order chi connectivity index (χ1) is 7.29. The van der Waals surface area contributed by atoms with Gasteiger partial charge in [-0.3, -0.25) is 9.78 Å². The van der Waals surface area contributed by atoms with Gasteiger partial charge in [-0.25, -0.2) is 0 Å². The lowest BCUT2D eigenvalue weighted by molar-refractivity contribution is -0.142. The fraction of sp³-hybridized carbons (Fsp3) is 0.500. The number of esters is 1. The van der Waals surface area contributed by atoms with Gasteiger partial charge < -0.3 is 4.74 Å². The van der Waals surface area contributed by atoms with Crippen LogP contribution in [-0.4, -0.2) is 17.6 Å². The molecule has 1 saturated carbocycles. The first-order valence-corrected chi connectivity index (χ1v) is 5.40. The monoisotopic (exact) mass is 205 g/mol. The maximum absolute atomic E-state index is 11.2. The molecule has 1 heterocycles. The van der Waals surface area contributed by atoms with Gasteiger partial charge in [0.15, 0.2) is 0 Å². The third-order valence-corrected chi connectivity index (χ3v) is 2.53. The van der Waals surface area contributed by atoms with Crippen LogP contribution in [0.3, 0.4) is 0 Å². The fourth-order valence-corrected chi connectivity index (χ4v) is 1.56. The molecular weight excluding hydrogens is 190 g/mol. The van der Waals surface area contributed by atoms with Crippen molar-refractivity contribution in [2.75, 3.05) is 6.61 Å². The van der Waals surface area contributed by atoms with Crippen LogP contribution >= 0.6 is 0 Å². The van der Waals surface area contributed by atoms with E-state index in [2.05, 4.69) is 11.1 Å². The van der Waals surface area contributed by atoms with Gasteiger partial charge in [-0.15, -0.1) is 0 Å². The molecule has 0 spiro atoms. The number of carbonyl (C=O) groups is 1. The zero-order chi connectivity index (χ0) is 10.7. The minimum atomic E-state index is -0.204. The molecule has 1 aromatic rings. The van der Waals surface area contributed by atoms with Crippen LogP contribution in [0.5, 0.6) is 0 Å². The first-order valence-electron chi connectivity index (χ1n) is 5.40. The van der Waals surface area contributed by atoms with E-state index >= 15 is 0 Å². The van der Waals surface area contributed by atoms with E-state index in [9.17, 15) is 4.79 Å². The largest absolute Gasteiger partial charge is 0.466 e. The Morgan fingerprint density at radius 2 is 2.33 bits per heavy atom. The molecule has 3 heteroatoms. The number of hydrogen-bond acceptors (Lipinski definition) is 3. The van der Waals surface area contributed by atoms with E-state index in [0.717, 1.165) is 5.69 Å². The van der Waals surface area contributed by atoms with Crippen LogP contribution in [0.4, 0.5) is 0 Å². The second-order valence-electron chi connectivity index (χ2n) is 3.84. The van der Waals surface area contributed by atoms with E-state index in [1.807, 2.05) is 19.2 Å². The molecular formula is C12H15NO2. The van der Waals surface area contributed by atoms with Crippen molar-refractivity contribution < 1.29 is 9.53 Å². The second kappa shape index (κ2) is 4.43. The molecule has 1 aromatic heterocycles. The number of rotatable bonds is 4. The van der Waals surface area contributed by atoms with E-state index in [4.69, 9.17) is 4.74 Å². The molecule has 1 fully saturated rings. The summed E-state index contributed by atoms with van der Waals surface area (Å²) in [5.41, 5.74) is 2.08. The van der Waals surface area contributed by atoms with Gasteiger partial charge >= 0.3 is 5.97 Å². The molecule has 0 aromatic carbocycles. The summed E-state index contributed by atoms with van der Waals surface area (Å²) in [6.07, 6.45) is 4.71. The Kier molecular flexibility index (Phi) is 2.99. The van der Waals surface area contributed by atoms with Gasteiger partial charge in [0.05, 0.1) is 18.7 Å². The number of nitrogens with zero attached hydrogens (tertiary/aromatic N) is 1. The molecule has 80 valence electrons. The Balaban J connectivity index is 1.94. The number of aromatic nitrogens is 1. The van der Waals surface area contributed by atoms with Crippen LogP contribution in [0.25, 0.3) is 0 Å². The van der Waals surface area contributed by atoms with Crippen molar-refractivity contribution >= 4 is 5.97 Å². The SMILES string of the molecule is CCOC(=O)Cc1ccc(C2CC2)cn1. The summed E-state index contributed by atoms with van der Waals surface area (Å²) in [7, 11) is 0. The average Bonchev–Trinajstić information content (AvgIpc) is 3.03. The standard InChI is InChI=1S/C12H15NO2/c1-2-15-12(14)7-11-6-5-10(8-13-11)9-3-4-9/h5-6,8-9H,2-4,7H2,1H3. The van der Waals surface area contributed by atoms with Gasteiger partial charge in [-0.2, -0.15) is 0 Å². The maximum atomic E-state index is 11.2. The topological polar surface area (TPSA) is 39.2 Å². The molecule has 15 heavy (non-hydrogen) atoms. The van der Waals surface area contributed by atoms with Gasteiger partial charge in [0.25, 0.3) is 0 Å². The summed E-state index contributed by atoms with van der Waals surface area (Å²) in [6, 6.07) is 3.99. The number of ether oxygens (including phenoxy) is 1. The third-order valence-electron chi connectivity index (χ3n) is 2.53. The van der Waals surface area contributed by atoms with Gasteiger partial charge in [0, 0.05) is 6.20 Å². The lowest BCUT2D eigenvalue weighted by atomic mass is 10.1. The Morgan fingerprint density at radius 1 is 1.53 bits per heavy atom. The van der Waals surface area contributed by atoms with Gasteiger partial charge in [0.1, 0.15) is 0 Å². The Labute approximate surface area is 89.5 Å². The average molecular weight is 205 g/mol. The zero-order valence-electron chi connectivity index (χ0n) is 8.90. The van der Waals surface area contributed by atoms with Crippen molar-refractivity contribution in [1.82, 2.24) is 4.98 Å². The first kappa shape index (κ1) is 10.1. The molecule has 0 saturated heterocycles. The highest BCUT2D eigenvalue weighted by molar-refractivity contribution is 5.71. The fourth-order valence-electron chi connectivity index (χ4n) is 1.56. The molecule has 1 aliphatic carbocycles. The smallest absolute Gasteiger partial charge is 0.311 e. The number of pyridine rings is 1. The lowest BCUT2D eigenvalue weighted by Gasteiger charge is -2.02. The predicted octanol–water partition coefficient (Wildman–Crippen LogP) is 2.06. The Hall–Kier alpha value is -1.38. The summed E-state index contributed by atoms with van der Waals surface area (Å²) in [4.78, 5) is 15.4. The van der Waals surface area contributed by atoms with E-state index in [1.54, 1.807) is 0 Å². The highest BCUT2D eigenvalue weighted by atomic mass is 16.5. The Morgan fingerprint density at radius 3 is 2.87 bits per heavy atom. The van der Waals surface area contributed by atoms with Gasteiger partial charge in [-0.1, -0.05) is 6.07 Å². The lowest BCUT2D eigenvalue weighted by Crippen LogP contribution is -2.08. The van der Waals surface area contributed by atoms with E-state index in [-0.39, 0.29) is 12.4 Å². The van der Waals surface area contributed by atoms with Crippen LogP contribution in [0.2, 0.25) is 0 Å². The van der Waals surface area contributed by atoms with Crippen LogP contribution in [-0.2, 0) is 16.0 Å². The maximum Gasteiger partial charge on any atom is 0.311 e.